The Morgan fingerprint density at radius 3 is 2.65 bits per heavy atom. The molecule has 1 aliphatic heterocycles. The summed E-state index contributed by atoms with van der Waals surface area (Å²) < 4.78 is 0. The molecule has 2 rings (SSSR count). The van der Waals surface area contributed by atoms with Gasteiger partial charge in [0.1, 0.15) is 0 Å². The first kappa shape index (κ1) is 14.4. The van der Waals surface area contributed by atoms with Crippen molar-refractivity contribution < 1.29 is 9.59 Å². The third-order valence-corrected chi connectivity index (χ3v) is 3.82. The topological polar surface area (TPSA) is 61.4 Å². The lowest BCUT2D eigenvalue weighted by Gasteiger charge is -2.23. The molecule has 1 aliphatic rings. The van der Waals surface area contributed by atoms with Gasteiger partial charge in [-0.05, 0) is 25.5 Å². The van der Waals surface area contributed by atoms with Gasteiger partial charge in [0, 0.05) is 25.8 Å². The maximum Gasteiger partial charge on any atom is 0.241 e. The average Bonchev–Trinajstić information content (AvgIpc) is 2.89. The lowest BCUT2D eigenvalue weighted by Crippen LogP contribution is -2.41. The highest BCUT2D eigenvalue weighted by molar-refractivity contribution is 5.86. The molecule has 20 heavy (non-hydrogen) atoms. The summed E-state index contributed by atoms with van der Waals surface area (Å²) in [4.78, 5) is 25.7. The van der Waals surface area contributed by atoms with Crippen LogP contribution in [0.1, 0.15) is 13.3 Å². The number of anilines is 1. The van der Waals surface area contributed by atoms with Crippen LogP contribution in [0.4, 0.5) is 5.69 Å². The third kappa shape index (κ3) is 3.10. The van der Waals surface area contributed by atoms with E-state index in [2.05, 4.69) is 10.6 Å². The third-order valence-electron chi connectivity index (χ3n) is 3.82. The van der Waals surface area contributed by atoms with Crippen LogP contribution in [0.5, 0.6) is 0 Å². The summed E-state index contributed by atoms with van der Waals surface area (Å²) in [6, 6.07) is 9.62. The van der Waals surface area contributed by atoms with Gasteiger partial charge >= 0.3 is 0 Å². The predicted molar refractivity (Wildman–Crippen MR) is 78.3 cm³/mol. The van der Waals surface area contributed by atoms with Crippen molar-refractivity contribution in [2.24, 2.45) is 5.41 Å². The SMILES string of the molecule is CNC(=O)C1(C)CCN(C(=O)CNc2ccccc2)C1. The highest BCUT2D eigenvalue weighted by atomic mass is 16.2. The molecule has 1 unspecified atom stereocenters. The molecule has 0 bridgehead atoms. The van der Waals surface area contributed by atoms with Gasteiger partial charge in [0.25, 0.3) is 0 Å². The Hall–Kier alpha value is -2.04. The first-order valence-electron chi connectivity index (χ1n) is 6.84. The summed E-state index contributed by atoms with van der Waals surface area (Å²) in [6.45, 7) is 3.29. The van der Waals surface area contributed by atoms with Gasteiger partial charge in [0.15, 0.2) is 0 Å². The maximum absolute atomic E-state index is 12.1. The van der Waals surface area contributed by atoms with Crippen molar-refractivity contribution in [3.8, 4) is 0 Å². The molecule has 0 aromatic heterocycles. The Labute approximate surface area is 119 Å². The lowest BCUT2D eigenvalue weighted by molar-refractivity contribution is -0.131. The van der Waals surface area contributed by atoms with E-state index < -0.39 is 5.41 Å². The molecule has 5 heteroatoms. The molecule has 1 aromatic carbocycles. The van der Waals surface area contributed by atoms with Crippen molar-refractivity contribution in [1.82, 2.24) is 10.2 Å². The van der Waals surface area contributed by atoms with E-state index in [0.717, 1.165) is 5.69 Å². The minimum Gasteiger partial charge on any atom is -0.376 e. The van der Waals surface area contributed by atoms with Crippen LogP contribution in [-0.2, 0) is 9.59 Å². The summed E-state index contributed by atoms with van der Waals surface area (Å²) in [5.41, 5.74) is 0.464. The van der Waals surface area contributed by atoms with E-state index in [1.807, 2.05) is 37.3 Å². The van der Waals surface area contributed by atoms with E-state index in [0.29, 0.717) is 19.5 Å². The number of amides is 2. The number of para-hydroxylation sites is 1. The predicted octanol–water partition coefficient (Wildman–Crippen LogP) is 1.08. The van der Waals surface area contributed by atoms with Gasteiger partial charge in [0.2, 0.25) is 11.8 Å². The van der Waals surface area contributed by atoms with Gasteiger partial charge in [-0.2, -0.15) is 0 Å². The molecule has 0 aliphatic carbocycles. The second-order valence-electron chi connectivity index (χ2n) is 5.42. The lowest BCUT2D eigenvalue weighted by atomic mass is 9.89. The molecule has 1 atom stereocenters. The van der Waals surface area contributed by atoms with Gasteiger partial charge in [0.05, 0.1) is 12.0 Å². The number of hydrogen-bond donors (Lipinski definition) is 2. The summed E-state index contributed by atoms with van der Waals surface area (Å²) >= 11 is 0. The van der Waals surface area contributed by atoms with Crippen molar-refractivity contribution in [3.63, 3.8) is 0 Å². The molecule has 1 aromatic rings. The van der Waals surface area contributed by atoms with Gasteiger partial charge in [-0.3, -0.25) is 9.59 Å². The minimum absolute atomic E-state index is 0.00354. The Balaban J connectivity index is 1.87. The van der Waals surface area contributed by atoms with Crippen molar-refractivity contribution in [1.29, 1.82) is 0 Å². The van der Waals surface area contributed by atoms with Crippen LogP contribution >= 0.6 is 0 Å². The molecular weight excluding hydrogens is 254 g/mol. The van der Waals surface area contributed by atoms with Crippen LogP contribution in [0.25, 0.3) is 0 Å². The number of rotatable bonds is 4. The van der Waals surface area contributed by atoms with Gasteiger partial charge < -0.3 is 15.5 Å². The van der Waals surface area contributed by atoms with Crippen LogP contribution in [0.3, 0.4) is 0 Å². The molecule has 0 radical (unpaired) electrons. The molecule has 1 saturated heterocycles. The summed E-state index contributed by atoms with van der Waals surface area (Å²) in [6.07, 6.45) is 0.712. The standard InChI is InChI=1S/C15H21N3O2/c1-15(14(20)16-2)8-9-18(11-15)13(19)10-17-12-6-4-3-5-7-12/h3-7,17H,8-11H2,1-2H3,(H,16,20). The number of hydrogen-bond acceptors (Lipinski definition) is 3. The molecule has 108 valence electrons. The van der Waals surface area contributed by atoms with E-state index in [9.17, 15) is 9.59 Å². The van der Waals surface area contributed by atoms with Gasteiger partial charge in [-0.15, -0.1) is 0 Å². The quantitative estimate of drug-likeness (QED) is 0.864. The maximum atomic E-state index is 12.1. The number of nitrogens with zero attached hydrogens (tertiary/aromatic N) is 1. The zero-order valence-electron chi connectivity index (χ0n) is 12.0. The van der Waals surface area contributed by atoms with E-state index in [-0.39, 0.29) is 18.4 Å². The number of carbonyl (C=O) groups excluding carboxylic acids is 2. The van der Waals surface area contributed by atoms with E-state index in [1.54, 1.807) is 11.9 Å². The Morgan fingerprint density at radius 2 is 2.00 bits per heavy atom. The molecule has 2 N–H and O–H groups in total. The summed E-state index contributed by atoms with van der Waals surface area (Å²) in [5, 5.41) is 5.77. The Kier molecular flexibility index (Phi) is 4.27. The highest BCUT2D eigenvalue weighted by Crippen LogP contribution is 2.30. The van der Waals surface area contributed by atoms with Crippen molar-refractivity contribution in [2.45, 2.75) is 13.3 Å². The van der Waals surface area contributed by atoms with Crippen LogP contribution in [-0.4, -0.2) is 43.4 Å². The molecule has 2 amide bonds. The molecule has 1 heterocycles. The number of likely N-dealkylation sites (tertiary alicyclic amines) is 1. The number of nitrogens with one attached hydrogen (secondary N) is 2. The van der Waals surface area contributed by atoms with E-state index >= 15 is 0 Å². The van der Waals surface area contributed by atoms with E-state index in [4.69, 9.17) is 0 Å². The molecule has 1 fully saturated rings. The smallest absolute Gasteiger partial charge is 0.241 e. The molecular formula is C15H21N3O2. The first-order chi connectivity index (χ1) is 9.55. The van der Waals surface area contributed by atoms with Crippen molar-refractivity contribution in [2.75, 3.05) is 32.0 Å². The van der Waals surface area contributed by atoms with Crippen molar-refractivity contribution >= 4 is 17.5 Å². The first-order valence-corrected chi connectivity index (χ1v) is 6.84. The number of benzene rings is 1. The Morgan fingerprint density at radius 1 is 1.30 bits per heavy atom. The summed E-state index contributed by atoms with van der Waals surface area (Å²) in [7, 11) is 1.63. The minimum atomic E-state index is -0.461. The normalized spacial score (nSPS) is 21.6. The van der Waals surface area contributed by atoms with Crippen LogP contribution < -0.4 is 10.6 Å². The van der Waals surface area contributed by atoms with Gasteiger partial charge in [-0.25, -0.2) is 0 Å². The second-order valence-corrected chi connectivity index (χ2v) is 5.42. The average molecular weight is 275 g/mol. The number of carbonyl (C=O) groups is 2. The van der Waals surface area contributed by atoms with Gasteiger partial charge in [-0.1, -0.05) is 18.2 Å². The molecule has 0 saturated carbocycles. The Bertz CT molecular complexity index is 489. The van der Waals surface area contributed by atoms with Crippen LogP contribution in [0.2, 0.25) is 0 Å². The van der Waals surface area contributed by atoms with Crippen LogP contribution in [0.15, 0.2) is 30.3 Å². The fraction of sp³-hybridized carbons (Fsp3) is 0.467. The molecule has 5 nitrogen and oxygen atoms in total. The highest BCUT2D eigenvalue weighted by Gasteiger charge is 2.41. The zero-order valence-corrected chi connectivity index (χ0v) is 12.0. The largest absolute Gasteiger partial charge is 0.376 e. The van der Waals surface area contributed by atoms with Crippen molar-refractivity contribution in [3.05, 3.63) is 30.3 Å². The summed E-state index contributed by atoms with van der Waals surface area (Å²) in [5.74, 6) is 0.0327. The fourth-order valence-corrected chi connectivity index (χ4v) is 2.51. The second kappa shape index (κ2) is 5.94. The zero-order chi connectivity index (χ0) is 14.6. The van der Waals surface area contributed by atoms with Crippen LogP contribution in [0, 0.1) is 5.41 Å². The monoisotopic (exact) mass is 275 g/mol. The fourth-order valence-electron chi connectivity index (χ4n) is 2.51. The van der Waals surface area contributed by atoms with E-state index in [1.165, 1.54) is 0 Å². The molecule has 0 spiro atoms.